The number of hydrogen-bond acceptors (Lipinski definition) is 4. The zero-order valence-corrected chi connectivity index (χ0v) is 20.0. The summed E-state index contributed by atoms with van der Waals surface area (Å²) in [7, 11) is 0. The second-order valence-electron chi connectivity index (χ2n) is 6.06. The smallest absolute Gasteiger partial charge is 0.271 e. The number of phenols is 1. The van der Waals surface area contributed by atoms with Gasteiger partial charge in [0, 0.05) is 31.3 Å². The van der Waals surface area contributed by atoms with Crippen LogP contribution in [-0.2, 0) is 0 Å². The number of carbonyl (C=O) groups excluding carboxylic acids is 2. The molecule has 0 spiro atoms. The SMILES string of the molecule is O=C(N/N=C\c1cc(Br)cc(Br)c1O)c1ccc(NC(=O)c2ccc(Br)cc2)cc1. The minimum absolute atomic E-state index is 0.0158. The number of anilines is 1. The Morgan fingerprint density at radius 3 is 2.10 bits per heavy atom. The third-order valence-corrected chi connectivity index (χ3v) is 5.53. The zero-order valence-electron chi connectivity index (χ0n) is 15.2. The van der Waals surface area contributed by atoms with Crippen molar-refractivity contribution >= 4 is 71.5 Å². The number of phenolic OH excluding ortho intramolecular Hbond substituents is 1. The number of carbonyl (C=O) groups is 2. The molecule has 3 aromatic carbocycles. The zero-order chi connectivity index (χ0) is 21.7. The van der Waals surface area contributed by atoms with Crippen molar-refractivity contribution in [1.82, 2.24) is 5.43 Å². The Kier molecular flexibility index (Phi) is 7.41. The van der Waals surface area contributed by atoms with E-state index in [1.807, 2.05) is 0 Å². The molecule has 3 N–H and O–H groups in total. The largest absolute Gasteiger partial charge is 0.506 e. The summed E-state index contributed by atoms with van der Waals surface area (Å²) in [5, 5.41) is 16.6. The molecule has 2 amide bonds. The van der Waals surface area contributed by atoms with E-state index in [1.165, 1.54) is 6.21 Å². The minimum atomic E-state index is -0.425. The topological polar surface area (TPSA) is 90.8 Å². The van der Waals surface area contributed by atoms with E-state index < -0.39 is 5.91 Å². The molecule has 152 valence electrons. The monoisotopic (exact) mass is 593 g/mol. The van der Waals surface area contributed by atoms with Crippen molar-refractivity contribution in [1.29, 1.82) is 0 Å². The third kappa shape index (κ3) is 5.78. The fraction of sp³-hybridized carbons (Fsp3) is 0. The summed E-state index contributed by atoms with van der Waals surface area (Å²) in [5.74, 6) is -0.656. The molecule has 0 radical (unpaired) electrons. The summed E-state index contributed by atoms with van der Waals surface area (Å²) >= 11 is 9.89. The maximum absolute atomic E-state index is 12.2. The number of aromatic hydroxyl groups is 1. The van der Waals surface area contributed by atoms with Crippen LogP contribution in [0.3, 0.4) is 0 Å². The Labute approximate surface area is 197 Å². The first-order valence-corrected chi connectivity index (χ1v) is 10.9. The number of hydrogen-bond donors (Lipinski definition) is 3. The maximum atomic E-state index is 12.2. The first-order chi connectivity index (χ1) is 14.3. The van der Waals surface area contributed by atoms with Crippen molar-refractivity contribution in [3.8, 4) is 5.75 Å². The van der Waals surface area contributed by atoms with Crippen LogP contribution < -0.4 is 10.7 Å². The van der Waals surface area contributed by atoms with Gasteiger partial charge in [-0.1, -0.05) is 31.9 Å². The van der Waals surface area contributed by atoms with Gasteiger partial charge in [-0.3, -0.25) is 9.59 Å². The van der Waals surface area contributed by atoms with E-state index in [1.54, 1.807) is 60.7 Å². The predicted octanol–water partition coefficient (Wildman–Crippen LogP) is 5.70. The van der Waals surface area contributed by atoms with Gasteiger partial charge in [-0.15, -0.1) is 0 Å². The molecule has 9 heteroatoms. The summed E-state index contributed by atoms with van der Waals surface area (Å²) < 4.78 is 2.14. The van der Waals surface area contributed by atoms with Crippen LogP contribution in [-0.4, -0.2) is 23.1 Å². The van der Waals surface area contributed by atoms with Gasteiger partial charge < -0.3 is 10.4 Å². The fourth-order valence-electron chi connectivity index (χ4n) is 2.42. The molecule has 30 heavy (non-hydrogen) atoms. The first-order valence-electron chi connectivity index (χ1n) is 8.52. The van der Waals surface area contributed by atoms with Gasteiger partial charge >= 0.3 is 0 Å². The molecule has 0 aliphatic carbocycles. The van der Waals surface area contributed by atoms with E-state index in [9.17, 15) is 14.7 Å². The fourth-order valence-corrected chi connectivity index (χ4v) is 3.94. The number of halogens is 3. The van der Waals surface area contributed by atoms with E-state index in [-0.39, 0.29) is 11.7 Å². The van der Waals surface area contributed by atoms with Gasteiger partial charge in [-0.25, -0.2) is 5.43 Å². The highest BCUT2D eigenvalue weighted by molar-refractivity contribution is 9.11. The Bertz CT molecular complexity index is 1110. The standard InChI is InChI=1S/C21H14Br3N3O3/c22-15-5-1-12(2-6-15)20(29)26-17-7-3-13(4-8-17)21(30)27-25-11-14-9-16(23)10-18(24)19(14)28/h1-11,28H,(H,26,29)(H,27,30)/b25-11-. The second kappa shape index (κ2) is 10.0. The van der Waals surface area contributed by atoms with E-state index in [2.05, 4.69) is 63.6 Å². The van der Waals surface area contributed by atoms with Crippen molar-refractivity contribution in [3.63, 3.8) is 0 Å². The lowest BCUT2D eigenvalue weighted by molar-refractivity contribution is 0.0954. The molecule has 0 saturated carbocycles. The van der Waals surface area contributed by atoms with Crippen molar-refractivity contribution in [2.24, 2.45) is 5.10 Å². The Hall–Kier alpha value is -2.49. The van der Waals surface area contributed by atoms with E-state index >= 15 is 0 Å². The highest BCUT2D eigenvalue weighted by Gasteiger charge is 2.09. The molecule has 0 aromatic heterocycles. The average Bonchev–Trinajstić information content (AvgIpc) is 2.72. The lowest BCUT2D eigenvalue weighted by Crippen LogP contribution is -2.18. The molecule has 3 rings (SSSR count). The van der Waals surface area contributed by atoms with Crippen LogP contribution in [0.2, 0.25) is 0 Å². The van der Waals surface area contributed by atoms with E-state index in [4.69, 9.17) is 0 Å². The first kappa shape index (κ1) is 22.2. The van der Waals surface area contributed by atoms with Crippen LogP contribution in [0.15, 0.2) is 79.2 Å². The molecule has 0 fully saturated rings. The minimum Gasteiger partial charge on any atom is -0.506 e. The van der Waals surface area contributed by atoms with Crippen molar-refractivity contribution < 1.29 is 14.7 Å². The van der Waals surface area contributed by atoms with Crippen LogP contribution in [0, 0.1) is 0 Å². The molecule has 6 nitrogen and oxygen atoms in total. The van der Waals surface area contributed by atoms with Gasteiger partial charge in [0.1, 0.15) is 5.75 Å². The van der Waals surface area contributed by atoms with Crippen LogP contribution in [0.1, 0.15) is 26.3 Å². The summed E-state index contributed by atoms with van der Waals surface area (Å²) in [6.45, 7) is 0. The van der Waals surface area contributed by atoms with Crippen LogP contribution >= 0.6 is 47.8 Å². The van der Waals surface area contributed by atoms with Crippen molar-refractivity contribution in [3.05, 3.63) is 90.8 Å². The Morgan fingerprint density at radius 1 is 0.833 bits per heavy atom. The number of amides is 2. The normalized spacial score (nSPS) is 10.8. The number of hydrazone groups is 1. The highest BCUT2D eigenvalue weighted by Crippen LogP contribution is 2.30. The van der Waals surface area contributed by atoms with Gasteiger partial charge in [0.25, 0.3) is 11.8 Å². The van der Waals surface area contributed by atoms with Crippen molar-refractivity contribution in [2.75, 3.05) is 5.32 Å². The number of rotatable bonds is 5. The summed E-state index contributed by atoms with van der Waals surface area (Å²) in [6.07, 6.45) is 1.34. The lowest BCUT2D eigenvalue weighted by Gasteiger charge is -2.07. The molecule has 0 aliphatic heterocycles. The van der Waals surface area contributed by atoms with Gasteiger partial charge in [0.2, 0.25) is 0 Å². The number of nitrogens with one attached hydrogen (secondary N) is 2. The second-order valence-corrected chi connectivity index (χ2v) is 8.75. The lowest BCUT2D eigenvalue weighted by atomic mass is 10.1. The number of benzene rings is 3. The summed E-state index contributed by atoms with van der Waals surface area (Å²) in [6, 6.07) is 16.8. The third-order valence-electron chi connectivity index (χ3n) is 3.94. The molecule has 0 bridgehead atoms. The Morgan fingerprint density at radius 2 is 1.43 bits per heavy atom. The van der Waals surface area contributed by atoms with Gasteiger partial charge in [-0.2, -0.15) is 5.10 Å². The quantitative estimate of drug-likeness (QED) is 0.261. The average molecular weight is 596 g/mol. The maximum Gasteiger partial charge on any atom is 0.271 e. The molecular formula is C21H14Br3N3O3. The predicted molar refractivity (Wildman–Crippen MR) is 127 cm³/mol. The summed E-state index contributed by atoms with van der Waals surface area (Å²) in [5.41, 5.74) is 4.29. The van der Waals surface area contributed by atoms with E-state index in [0.29, 0.717) is 26.9 Å². The van der Waals surface area contributed by atoms with E-state index in [0.717, 1.165) is 8.95 Å². The molecule has 0 saturated heterocycles. The highest BCUT2D eigenvalue weighted by atomic mass is 79.9. The van der Waals surface area contributed by atoms with Crippen LogP contribution in [0.25, 0.3) is 0 Å². The van der Waals surface area contributed by atoms with Gasteiger partial charge in [0.15, 0.2) is 0 Å². The van der Waals surface area contributed by atoms with Crippen molar-refractivity contribution in [2.45, 2.75) is 0 Å². The molecule has 0 aliphatic rings. The van der Waals surface area contributed by atoms with Gasteiger partial charge in [-0.05, 0) is 76.6 Å². The summed E-state index contributed by atoms with van der Waals surface area (Å²) in [4.78, 5) is 24.5. The molecular weight excluding hydrogens is 582 g/mol. The molecule has 0 atom stereocenters. The molecule has 0 heterocycles. The Balaban J connectivity index is 1.61. The van der Waals surface area contributed by atoms with Crippen LogP contribution in [0.4, 0.5) is 5.69 Å². The molecule has 0 unspecified atom stereocenters. The van der Waals surface area contributed by atoms with Gasteiger partial charge in [0.05, 0.1) is 10.7 Å². The number of nitrogens with zero attached hydrogens (tertiary/aromatic N) is 1. The molecule has 3 aromatic rings. The van der Waals surface area contributed by atoms with Crippen LogP contribution in [0.5, 0.6) is 5.75 Å².